The standard InChI is InChI=1S/C25H27Cl2IN2O3/c1-16(28)15-33-25(31)30-12-10-20-21-14-18(27)6-9-22(21)29-23(20)24(30)17-4-7-19(8-5-17)32-13-3-2-11-26/h4-9,14,16,24,29H,2-3,10-13,15H2,1H3. The fraction of sp³-hybridized carbons (Fsp3) is 0.400. The third kappa shape index (κ3) is 5.72. The number of carbonyl (C=O) groups is 1. The second-order valence-corrected chi connectivity index (χ2v) is 11.2. The van der Waals surface area contributed by atoms with Crippen LogP contribution in [0.2, 0.25) is 5.02 Å². The SMILES string of the molecule is CC(I)COC(=O)N1CCc2c([nH]c3ccc(Cl)cc23)C1c1ccc(OCCCCCl)cc1. The first-order valence-electron chi connectivity index (χ1n) is 11.1. The summed E-state index contributed by atoms with van der Waals surface area (Å²) in [5.74, 6) is 1.45. The molecular weight excluding hydrogens is 574 g/mol. The summed E-state index contributed by atoms with van der Waals surface area (Å²) in [5, 5.41) is 1.81. The highest BCUT2D eigenvalue weighted by Gasteiger charge is 2.35. The average Bonchev–Trinajstić information content (AvgIpc) is 3.18. The van der Waals surface area contributed by atoms with Gasteiger partial charge in [0.2, 0.25) is 0 Å². The Morgan fingerprint density at radius 2 is 2.03 bits per heavy atom. The van der Waals surface area contributed by atoms with E-state index in [0.717, 1.165) is 47.2 Å². The Balaban J connectivity index is 1.66. The van der Waals surface area contributed by atoms with Gasteiger partial charge >= 0.3 is 6.09 Å². The second kappa shape index (κ2) is 11.2. The van der Waals surface area contributed by atoms with E-state index in [9.17, 15) is 4.79 Å². The number of hydrogen-bond acceptors (Lipinski definition) is 3. The van der Waals surface area contributed by atoms with E-state index in [-0.39, 0.29) is 16.1 Å². The van der Waals surface area contributed by atoms with Gasteiger partial charge in [-0.3, -0.25) is 4.90 Å². The van der Waals surface area contributed by atoms with Crippen LogP contribution < -0.4 is 4.74 Å². The molecule has 0 radical (unpaired) electrons. The number of aromatic nitrogens is 1. The van der Waals surface area contributed by atoms with Crippen LogP contribution in [-0.4, -0.2) is 45.5 Å². The number of rotatable bonds is 8. The molecule has 1 aliphatic heterocycles. The predicted octanol–water partition coefficient (Wildman–Crippen LogP) is 7.13. The van der Waals surface area contributed by atoms with E-state index in [1.54, 1.807) is 0 Å². The monoisotopic (exact) mass is 600 g/mol. The number of fused-ring (bicyclic) bond motifs is 3. The smallest absolute Gasteiger partial charge is 0.410 e. The molecule has 0 saturated heterocycles. The molecule has 0 spiro atoms. The minimum Gasteiger partial charge on any atom is -0.494 e. The van der Waals surface area contributed by atoms with E-state index in [4.69, 9.17) is 32.7 Å². The fourth-order valence-electron chi connectivity index (χ4n) is 4.21. The topological polar surface area (TPSA) is 54.6 Å². The predicted molar refractivity (Wildman–Crippen MR) is 142 cm³/mol. The largest absolute Gasteiger partial charge is 0.494 e. The van der Waals surface area contributed by atoms with Crippen molar-refractivity contribution in [1.82, 2.24) is 9.88 Å². The summed E-state index contributed by atoms with van der Waals surface area (Å²) in [6, 6.07) is 13.6. The first kappa shape index (κ1) is 24.5. The lowest BCUT2D eigenvalue weighted by molar-refractivity contribution is 0.0907. The molecule has 1 N–H and O–H groups in total. The quantitative estimate of drug-likeness (QED) is 0.170. The third-order valence-electron chi connectivity index (χ3n) is 5.75. The molecule has 8 heteroatoms. The third-order valence-corrected chi connectivity index (χ3v) is 6.61. The van der Waals surface area contributed by atoms with Crippen LogP contribution in [0.4, 0.5) is 4.79 Å². The van der Waals surface area contributed by atoms with Gasteiger partial charge < -0.3 is 14.5 Å². The van der Waals surface area contributed by atoms with Crippen LogP contribution in [0.3, 0.4) is 0 Å². The lowest BCUT2D eigenvalue weighted by atomic mass is 9.92. The highest BCUT2D eigenvalue weighted by atomic mass is 127. The molecule has 0 bridgehead atoms. The lowest BCUT2D eigenvalue weighted by Crippen LogP contribution is -2.41. The molecule has 176 valence electrons. The molecule has 0 fully saturated rings. The first-order chi connectivity index (χ1) is 16.0. The number of benzene rings is 2. The minimum absolute atomic E-state index is 0.246. The van der Waals surface area contributed by atoms with Gasteiger partial charge in [-0.05, 0) is 60.7 Å². The second-order valence-electron chi connectivity index (χ2n) is 8.22. The van der Waals surface area contributed by atoms with Gasteiger partial charge in [-0.15, -0.1) is 11.6 Å². The average molecular weight is 601 g/mol. The molecule has 1 amide bonds. The van der Waals surface area contributed by atoms with E-state index in [0.29, 0.717) is 30.7 Å². The number of nitrogens with one attached hydrogen (secondary N) is 1. The van der Waals surface area contributed by atoms with E-state index < -0.39 is 0 Å². The molecule has 0 aliphatic carbocycles. The zero-order valence-corrected chi connectivity index (χ0v) is 22.1. The van der Waals surface area contributed by atoms with Crippen LogP contribution in [0.25, 0.3) is 10.9 Å². The van der Waals surface area contributed by atoms with E-state index in [1.807, 2.05) is 54.3 Å². The molecule has 33 heavy (non-hydrogen) atoms. The van der Waals surface area contributed by atoms with Gasteiger partial charge in [0.25, 0.3) is 0 Å². The Morgan fingerprint density at radius 1 is 1.24 bits per heavy atom. The van der Waals surface area contributed by atoms with Crippen molar-refractivity contribution in [2.75, 3.05) is 25.6 Å². The van der Waals surface area contributed by atoms with Crippen molar-refractivity contribution in [3.05, 3.63) is 64.3 Å². The molecule has 3 aromatic rings. The summed E-state index contributed by atoms with van der Waals surface area (Å²) < 4.78 is 11.7. The molecule has 4 rings (SSSR count). The number of unbranched alkanes of at least 4 members (excludes halogenated alkanes) is 1. The van der Waals surface area contributed by atoms with E-state index in [2.05, 4.69) is 27.6 Å². The van der Waals surface area contributed by atoms with Crippen molar-refractivity contribution in [2.24, 2.45) is 0 Å². The number of ether oxygens (including phenoxy) is 2. The summed E-state index contributed by atoms with van der Waals surface area (Å²) in [5.41, 5.74) is 4.23. The molecule has 1 aliphatic rings. The number of amides is 1. The molecule has 2 aromatic carbocycles. The highest BCUT2D eigenvalue weighted by Crippen LogP contribution is 2.39. The fourth-order valence-corrected chi connectivity index (χ4v) is 4.75. The Labute approximate surface area is 217 Å². The van der Waals surface area contributed by atoms with Crippen LogP contribution in [0.5, 0.6) is 5.75 Å². The van der Waals surface area contributed by atoms with Gasteiger partial charge in [-0.1, -0.05) is 53.2 Å². The maximum atomic E-state index is 13.1. The van der Waals surface area contributed by atoms with Gasteiger partial charge in [0.05, 0.1) is 6.61 Å². The summed E-state index contributed by atoms with van der Waals surface area (Å²) in [7, 11) is 0. The van der Waals surface area contributed by atoms with Crippen molar-refractivity contribution >= 4 is 62.8 Å². The van der Waals surface area contributed by atoms with Gasteiger partial charge in [0.15, 0.2) is 0 Å². The lowest BCUT2D eigenvalue weighted by Gasteiger charge is -2.35. The highest BCUT2D eigenvalue weighted by molar-refractivity contribution is 14.1. The van der Waals surface area contributed by atoms with Gasteiger partial charge in [0, 0.05) is 38.0 Å². The molecular formula is C25H27Cl2IN2O3. The zero-order chi connectivity index (χ0) is 23.4. The summed E-state index contributed by atoms with van der Waals surface area (Å²) in [4.78, 5) is 18.4. The van der Waals surface area contributed by atoms with Crippen LogP contribution in [-0.2, 0) is 11.2 Å². The van der Waals surface area contributed by atoms with Gasteiger partial charge in [-0.2, -0.15) is 0 Å². The minimum atomic E-state index is -0.299. The van der Waals surface area contributed by atoms with Crippen molar-refractivity contribution in [3.63, 3.8) is 0 Å². The van der Waals surface area contributed by atoms with E-state index >= 15 is 0 Å². The van der Waals surface area contributed by atoms with Crippen molar-refractivity contribution in [1.29, 1.82) is 0 Å². The normalized spacial score (nSPS) is 16.5. The number of alkyl halides is 2. The Morgan fingerprint density at radius 3 is 2.76 bits per heavy atom. The zero-order valence-electron chi connectivity index (χ0n) is 18.5. The molecule has 2 heterocycles. The van der Waals surface area contributed by atoms with Gasteiger partial charge in [-0.25, -0.2) is 4.79 Å². The number of halogens is 3. The van der Waals surface area contributed by atoms with Crippen LogP contribution in [0.15, 0.2) is 42.5 Å². The number of H-pyrrole nitrogens is 1. The number of aromatic amines is 1. The summed E-state index contributed by atoms with van der Waals surface area (Å²) in [6.07, 6.45) is 2.29. The molecule has 5 nitrogen and oxygen atoms in total. The Hall–Kier alpha value is -1.64. The van der Waals surface area contributed by atoms with Crippen LogP contribution >= 0.6 is 45.8 Å². The molecule has 0 saturated carbocycles. The van der Waals surface area contributed by atoms with Crippen molar-refractivity contribution in [2.45, 2.75) is 36.2 Å². The Kier molecular flexibility index (Phi) is 8.30. The first-order valence-corrected chi connectivity index (χ1v) is 13.3. The molecule has 1 aromatic heterocycles. The van der Waals surface area contributed by atoms with Crippen molar-refractivity contribution in [3.8, 4) is 5.75 Å². The van der Waals surface area contributed by atoms with Crippen LogP contribution in [0, 0.1) is 0 Å². The summed E-state index contributed by atoms with van der Waals surface area (Å²) >= 11 is 14.3. The number of carbonyl (C=O) groups excluding carboxylic acids is 1. The summed E-state index contributed by atoms with van der Waals surface area (Å²) in [6.45, 7) is 3.61. The van der Waals surface area contributed by atoms with E-state index in [1.165, 1.54) is 5.56 Å². The van der Waals surface area contributed by atoms with Crippen LogP contribution in [0.1, 0.15) is 42.6 Å². The van der Waals surface area contributed by atoms with Gasteiger partial charge in [0.1, 0.15) is 18.4 Å². The molecule has 2 atom stereocenters. The maximum absolute atomic E-state index is 13.1. The Bertz CT molecular complexity index is 1100. The maximum Gasteiger partial charge on any atom is 0.410 e. The number of nitrogens with zero attached hydrogens (tertiary/aromatic N) is 1. The number of hydrogen-bond donors (Lipinski definition) is 1. The molecule has 2 unspecified atom stereocenters. The van der Waals surface area contributed by atoms with Crippen molar-refractivity contribution < 1.29 is 14.3 Å².